The molecule has 4 aromatic rings. The Labute approximate surface area is 390 Å². The SMILES string of the molecule is C.Cc1ccc(C(=O)C(=O)OC(C)C(C)OC(=O)C(=O)c2ccc(CO)cc2)cc1.O=C(OC1CCCC1)C(=O)c1ccc(CO)cc1.O=C(OC1CCCCC1)C(=O)c1ccc(CO)cc1. The summed E-state index contributed by atoms with van der Waals surface area (Å²) in [6, 6.07) is 24.9. The molecule has 0 bridgehead atoms. The number of hydrogen-bond donors (Lipinski definition) is 3. The van der Waals surface area contributed by atoms with E-state index in [-0.39, 0.29) is 50.6 Å². The van der Waals surface area contributed by atoms with E-state index >= 15 is 0 Å². The van der Waals surface area contributed by atoms with Gasteiger partial charge in [-0.3, -0.25) is 19.2 Å². The number of carbonyl (C=O) groups excluding carboxylic acids is 8. The maximum absolute atomic E-state index is 12.1. The van der Waals surface area contributed by atoms with Gasteiger partial charge in [-0.05, 0) is 88.8 Å². The smallest absolute Gasteiger partial charge is 0.380 e. The molecule has 2 saturated carbocycles. The molecule has 0 saturated heterocycles. The average Bonchev–Trinajstić information content (AvgIpc) is 3.87. The monoisotopic (exact) mass is 924 g/mol. The summed E-state index contributed by atoms with van der Waals surface area (Å²) in [5.74, 6) is -6.65. The van der Waals surface area contributed by atoms with Crippen LogP contribution in [0.1, 0.15) is 143 Å². The second kappa shape index (κ2) is 27.7. The molecule has 2 unspecified atom stereocenters. The quantitative estimate of drug-likeness (QED) is 0.0439. The first kappa shape index (κ1) is 54.7. The molecule has 2 aliphatic carbocycles. The van der Waals surface area contributed by atoms with Gasteiger partial charge in [0.1, 0.15) is 24.4 Å². The number of ketones is 4. The Bertz CT molecular complexity index is 2270. The van der Waals surface area contributed by atoms with Crippen molar-refractivity contribution in [2.75, 3.05) is 0 Å². The van der Waals surface area contributed by atoms with E-state index in [4.69, 9.17) is 34.3 Å². The first-order chi connectivity index (χ1) is 31.6. The largest absolute Gasteiger partial charge is 0.456 e. The lowest BCUT2D eigenvalue weighted by molar-refractivity contribution is -0.158. The highest BCUT2D eigenvalue weighted by atomic mass is 16.6. The van der Waals surface area contributed by atoms with Gasteiger partial charge in [0.15, 0.2) is 0 Å². The lowest BCUT2D eigenvalue weighted by atomic mass is 9.98. The van der Waals surface area contributed by atoms with Crippen LogP contribution >= 0.6 is 0 Å². The molecular weight excluding hydrogens is 865 g/mol. The number of aliphatic hydroxyl groups is 3. The van der Waals surface area contributed by atoms with Gasteiger partial charge in [0.2, 0.25) is 0 Å². The summed E-state index contributed by atoms with van der Waals surface area (Å²) in [6.07, 6.45) is 6.69. The fourth-order valence-corrected chi connectivity index (χ4v) is 6.70. The van der Waals surface area contributed by atoms with Crippen LogP contribution in [0.15, 0.2) is 97.1 Å². The summed E-state index contributed by atoms with van der Waals surface area (Å²) in [6.45, 7) is 4.42. The van der Waals surface area contributed by atoms with E-state index in [1.807, 2.05) is 6.92 Å². The van der Waals surface area contributed by atoms with Crippen LogP contribution in [0.3, 0.4) is 0 Å². The van der Waals surface area contributed by atoms with E-state index in [9.17, 15) is 38.4 Å². The molecule has 0 spiro atoms. The first-order valence-corrected chi connectivity index (χ1v) is 21.8. The second-order valence-corrected chi connectivity index (χ2v) is 15.9. The van der Waals surface area contributed by atoms with Gasteiger partial charge in [0.25, 0.3) is 23.1 Å². The minimum absolute atomic E-state index is 0. The van der Waals surface area contributed by atoms with E-state index < -0.39 is 59.2 Å². The highest BCUT2D eigenvalue weighted by molar-refractivity contribution is 6.42. The van der Waals surface area contributed by atoms with Gasteiger partial charge in [0.05, 0.1) is 19.8 Å². The lowest BCUT2D eigenvalue weighted by Gasteiger charge is -2.21. The number of aliphatic hydroxyl groups excluding tert-OH is 3. The van der Waals surface area contributed by atoms with Crippen LogP contribution in [0, 0.1) is 6.92 Å². The van der Waals surface area contributed by atoms with Gasteiger partial charge in [0, 0.05) is 22.3 Å². The zero-order valence-electron chi connectivity index (χ0n) is 37.3. The van der Waals surface area contributed by atoms with Gasteiger partial charge >= 0.3 is 23.9 Å². The van der Waals surface area contributed by atoms with Crippen LogP contribution in [-0.2, 0) is 57.9 Å². The van der Waals surface area contributed by atoms with E-state index in [1.165, 1.54) is 80.9 Å². The van der Waals surface area contributed by atoms with Crippen molar-refractivity contribution in [2.45, 2.75) is 130 Å². The Morgan fingerprint density at radius 1 is 0.433 bits per heavy atom. The third kappa shape index (κ3) is 17.2. The van der Waals surface area contributed by atoms with Crippen molar-refractivity contribution in [3.05, 3.63) is 142 Å². The molecule has 2 atom stereocenters. The minimum atomic E-state index is -1.11. The van der Waals surface area contributed by atoms with Crippen molar-refractivity contribution in [3.63, 3.8) is 0 Å². The maximum atomic E-state index is 12.1. The molecule has 0 aromatic heterocycles. The molecule has 15 nitrogen and oxygen atoms in total. The highest BCUT2D eigenvalue weighted by Crippen LogP contribution is 2.22. The Balaban J connectivity index is 0.000000275. The molecule has 0 heterocycles. The van der Waals surface area contributed by atoms with Gasteiger partial charge < -0.3 is 34.3 Å². The van der Waals surface area contributed by atoms with Crippen LogP contribution in [0.25, 0.3) is 0 Å². The van der Waals surface area contributed by atoms with Crippen LogP contribution in [0.2, 0.25) is 0 Å². The van der Waals surface area contributed by atoms with Crippen molar-refractivity contribution in [2.24, 2.45) is 0 Å². The fourth-order valence-electron chi connectivity index (χ4n) is 6.70. The third-order valence-corrected chi connectivity index (χ3v) is 10.9. The summed E-state index contributed by atoms with van der Waals surface area (Å²) >= 11 is 0. The van der Waals surface area contributed by atoms with Crippen molar-refractivity contribution < 1.29 is 72.6 Å². The highest BCUT2D eigenvalue weighted by Gasteiger charge is 2.29. The molecule has 3 N–H and O–H groups in total. The third-order valence-electron chi connectivity index (χ3n) is 10.9. The normalized spacial score (nSPS) is 14.2. The summed E-state index contributed by atoms with van der Waals surface area (Å²) < 4.78 is 20.5. The Hall–Kier alpha value is -6.68. The average molecular weight is 925 g/mol. The number of hydrogen-bond acceptors (Lipinski definition) is 15. The van der Waals surface area contributed by atoms with Crippen LogP contribution in [0.5, 0.6) is 0 Å². The Kier molecular flexibility index (Phi) is 22.6. The number of aryl methyl sites for hydroxylation is 1. The Morgan fingerprint density at radius 3 is 0.970 bits per heavy atom. The van der Waals surface area contributed by atoms with Crippen molar-refractivity contribution in [1.82, 2.24) is 0 Å². The topological polar surface area (TPSA) is 234 Å². The number of benzene rings is 4. The van der Waals surface area contributed by atoms with Crippen molar-refractivity contribution in [3.8, 4) is 0 Å². The van der Waals surface area contributed by atoms with Gasteiger partial charge in [-0.2, -0.15) is 0 Å². The summed E-state index contributed by atoms with van der Waals surface area (Å²) in [5, 5.41) is 26.8. The maximum Gasteiger partial charge on any atom is 0.380 e. The molecule has 2 fully saturated rings. The van der Waals surface area contributed by atoms with Crippen molar-refractivity contribution >= 4 is 47.0 Å². The summed E-state index contributed by atoms with van der Waals surface area (Å²) in [5.41, 5.74) is 3.86. The zero-order chi connectivity index (χ0) is 48.2. The van der Waals surface area contributed by atoms with E-state index in [1.54, 1.807) is 36.4 Å². The molecule has 0 amide bonds. The molecular formula is C52H60O15. The molecule has 4 aromatic carbocycles. The van der Waals surface area contributed by atoms with Gasteiger partial charge in [-0.1, -0.05) is 116 Å². The molecule has 6 rings (SSSR count). The van der Waals surface area contributed by atoms with Crippen molar-refractivity contribution in [1.29, 1.82) is 0 Å². The summed E-state index contributed by atoms with van der Waals surface area (Å²) in [4.78, 5) is 95.4. The van der Waals surface area contributed by atoms with E-state index in [2.05, 4.69) is 0 Å². The summed E-state index contributed by atoms with van der Waals surface area (Å²) in [7, 11) is 0. The second-order valence-electron chi connectivity index (χ2n) is 15.9. The number of Topliss-reactive ketones (excluding diaryl/α,β-unsaturated/α-hetero) is 4. The number of esters is 4. The molecule has 358 valence electrons. The fraction of sp³-hybridized carbons (Fsp3) is 0.385. The molecule has 67 heavy (non-hydrogen) atoms. The molecule has 0 aliphatic heterocycles. The standard InChI is InChI=1S/C22H22O7.C15H18O4.C14H16O4.CH4/c1-13-4-8-17(9-5-13)19(24)21(26)28-14(2)15(3)29-22(27)20(25)18-10-6-16(12-23)7-11-18;16-10-11-6-8-12(9-7-11)14(17)15(18)19-13-4-2-1-3-5-13;15-9-10-5-7-11(8-6-10)13(16)14(17)18-12-3-1-2-4-12;/h4-11,14-15,23H,12H2,1-3H3;6-9,13,16H,1-5,10H2;5-8,12,15H,1-4,9H2;1H4. The van der Waals surface area contributed by atoms with Crippen LogP contribution in [0.4, 0.5) is 0 Å². The number of carbonyl (C=O) groups is 8. The number of ether oxygens (including phenoxy) is 4. The number of rotatable bonds is 16. The molecule has 15 heteroatoms. The first-order valence-electron chi connectivity index (χ1n) is 21.8. The van der Waals surface area contributed by atoms with Crippen LogP contribution in [-0.4, -0.2) is 86.7 Å². The Morgan fingerprint density at radius 2 is 0.687 bits per heavy atom. The van der Waals surface area contributed by atoms with E-state index in [0.717, 1.165) is 56.9 Å². The van der Waals surface area contributed by atoms with E-state index in [0.29, 0.717) is 27.8 Å². The van der Waals surface area contributed by atoms with Gasteiger partial charge in [-0.15, -0.1) is 0 Å². The van der Waals surface area contributed by atoms with Gasteiger partial charge in [-0.25, -0.2) is 19.2 Å². The predicted molar refractivity (Wildman–Crippen MR) is 245 cm³/mol. The van der Waals surface area contributed by atoms with Crippen LogP contribution < -0.4 is 0 Å². The lowest BCUT2D eigenvalue weighted by Crippen LogP contribution is -2.34. The molecule has 2 aliphatic rings. The molecule has 0 radical (unpaired) electrons. The zero-order valence-corrected chi connectivity index (χ0v) is 37.3. The minimum Gasteiger partial charge on any atom is -0.456 e. The predicted octanol–water partition coefficient (Wildman–Crippen LogP) is 7.14.